The number of ether oxygens (including phenoxy) is 1. The molecule has 0 bridgehead atoms. The maximum atomic E-state index is 12.1. The highest BCUT2D eigenvalue weighted by Gasteiger charge is 2.31. The van der Waals surface area contributed by atoms with Gasteiger partial charge in [-0.15, -0.1) is 0 Å². The Labute approximate surface area is 106 Å². The van der Waals surface area contributed by atoms with Crippen LogP contribution in [0.3, 0.4) is 0 Å². The third kappa shape index (κ3) is 2.93. The molecule has 0 aromatic rings. The minimum absolute atomic E-state index is 0.0866. The lowest BCUT2D eigenvalue weighted by atomic mass is 9.85. The number of morpholine rings is 1. The number of hydrogen-bond donors (Lipinski definition) is 1. The number of carbonyl (C=O) groups is 2. The molecule has 1 N–H and O–H groups in total. The van der Waals surface area contributed by atoms with Gasteiger partial charge in [0.25, 0.3) is 0 Å². The van der Waals surface area contributed by atoms with Crippen LogP contribution in [0.5, 0.6) is 0 Å². The Morgan fingerprint density at radius 3 is 2.72 bits per heavy atom. The first-order valence-corrected chi connectivity index (χ1v) is 6.42. The van der Waals surface area contributed by atoms with Crippen LogP contribution in [-0.2, 0) is 9.53 Å². The average molecular weight is 256 g/mol. The van der Waals surface area contributed by atoms with E-state index < -0.39 is 12.1 Å². The van der Waals surface area contributed by atoms with Gasteiger partial charge >= 0.3 is 12.0 Å². The topological polar surface area (TPSA) is 70.1 Å². The highest BCUT2D eigenvalue weighted by atomic mass is 16.5. The molecule has 18 heavy (non-hydrogen) atoms. The molecule has 1 heterocycles. The van der Waals surface area contributed by atoms with Crippen LogP contribution < -0.4 is 0 Å². The zero-order chi connectivity index (χ0) is 13.1. The summed E-state index contributed by atoms with van der Waals surface area (Å²) in [6, 6.07) is -0.0866. The van der Waals surface area contributed by atoms with Crippen molar-refractivity contribution in [1.29, 1.82) is 0 Å². The fraction of sp³-hybridized carbons (Fsp3) is 0.833. The Morgan fingerprint density at radius 1 is 1.44 bits per heavy atom. The van der Waals surface area contributed by atoms with Crippen LogP contribution in [0.2, 0.25) is 0 Å². The average Bonchev–Trinajstić information content (AvgIpc) is 2.32. The number of amides is 2. The summed E-state index contributed by atoms with van der Waals surface area (Å²) in [4.78, 5) is 26.3. The lowest BCUT2D eigenvalue weighted by molar-refractivity contribution is -0.154. The van der Waals surface area contributed by atoms with Gasteiger partial charge in [0.2, 0.25) is 0 Å². The van der Waals surface area contributed by atoms with E-state index in [4.69, 9.17) is 9.84 Å². The number of nitrogens with zero attached hydrogens (tertiary/aromatic N) is 2. The number of carboxylic acids is 1. The molecule has 1 saturated carbocycles. The van der Waals surface area contributed by atoms with E-state index in [-0.39, 0.29) is 12.6 Å². The van der Waals surface area contributed by atoms with Crippen molar-refractivity contribution in [3.63, 3.8) is 0 Å². The van der Waals surface area contributed by atoms with E-state index >= 15 is 0 Å². The smallest absolute Gasteiger partial charge is 0.334 e. The van der Waals surface area contributed by atoms with Crippen molar-refractivity contribution in [2.24, 2.45) is 5.92 Å². The fourth-order valence-electron chi connectivity index (χ4n) is 2.35. The molecule has 102 valence electrons. The van der Waals surface area contributed by atoms with E-state index in [0.717, 1.165) is 6.54 Å². The second kappa shape index (κ2) is 5.56. The third-order valence-corrected chi connectivity index (χ3v) is 3.70. The van der Waals surface area contributed by atoms with Crippen LogP contribution in [0.4, 0.5) is 4.79 Å². The number of carbonyl (C=O) groups excluding carboxylic acids is 1. The van der Waals surface area contributed by atoms with Crippen LogP contribution in [0.25, 0.3) is 0 Å². The minimum Gasteiger partial charge on any atom is -0.479 e. The Hall–Kier alpha value is -1.30. The van der Waals surface area contributed by atoms with Gasteiger partial charge in [0.05, 0.1) is 13.2 Å². The van der Waals surface area contributed by atoms with Crippen molar-refractivity contribution in [2.45, 2.75) is 25.4 Å². The molecule has 6 heteroatoms. The second-order valence-corrected chi connectivity index (χ2v) is 5.10. The van der Waals surface area contributed by atoms with Crippen molar-refractivity contribution in [2.75, 3.05) is 33.3 Å². The molecule has 0 aromatic carbocycles. The zero-order valence-corrected chi connectivity index (χ0v) is 10.7. The molecule has 0 spiro atoms. The quantitative estimate of drug-likeness (QED) is 0.803. The lowest BCUT2D eigenvalue weighted by Crippen LogP contribution is -2.52. The van der Waals surface area contributed by atoms with Crippen molar-refractivity contribution in [1.82, 2.24) is 9.80 Å². The molecule has 1 atom stereocenters. The molecule has 0 radical (unpaired) electrons. The summed E-state index contributed by atoms with van der Waals surface area (Å²) in [6.07, 6.45) is 2.75. The van der Waals surface area contributed by atoms with Crippen molar-refractivity contribution >= 4 is 12.0 Å². The van der Waals surface area contributed by atoms with Crippen molar-refractivity contribution in [3.8, 4) is 0 Å². The monoisotopic (exact) mass is 256 g/mol. The van der Waals surface area contributed by atoms with Crippen LogP contribution in [0.15, 0.2) is 0 Å². The molecule has 1 aliphatic heterocycles. The second-order valence-electron chi connectivity index (χ2n) is 5.10. The van der Waals surface area contributed by atoms with E-state index in [1.54, 1.807) is 16.8 Å². The van der Waals surface area contributed by atoms with Crippen molar-refractivity contribution < 1.29 is 19.4 Å². The molecule has 1 unspecified atom stereocenters. The van der Waals surface area contributed by atoms with Gasteiger partial charge in [-0.25, -0.2) is 9.59 Å². The van der Waals surface area contributed by atoms with Crippen molar-refractivity contribution in [3.05, 3.63) is 0 Å². The van der Waals surface area contributed by atoms with Gasteiger partial charge in [0.15, 0.2) is 6.10 Å². The minimum atomic E-state index is -1.01. The Bertz CT molecular complexity index is 330. The Kier molecular flexibility index (Phi) is 4.06. The van der Waals surface area contributed by atoms with Crippen LogP contribution in [0.1, 0.15) is 19.3 Å². The molecule has 1 aliphatic carbocycles. The maximum absolute atomic E-state index is 12.1. The van der Waals surface area contributed by atoms with E-state index in [2.05, 4.69) is 0 Å². The molecule has 2 rings (SSSR count). The maximum Gasteiger partial charge on any atom is 0.334 e. The van der Waals surface area contributed by atoms with Gasteiger partial charge in [-0.1, -0.05) is 6.42 Å². The van der Waals surface area contributed by atoms with E-state index in [9.17, 15) is 9.59 Å². The number of rotatable bonds is 3. The summed E-state index contributed by atoms with van der Waals surface area (Å²) in [5.41, 5.74) is 0. The highest BCUT2D eigenvalue weighted by Crippen LogP contribution is 2.27. The molecule has 0 aromatic heterocycles. The molecule has 2 fully saturated rings. The summed E-state index contributed by atoms with van der Waals surface area (Å²) in [5, 5.41) is 8.89. The first kappa shape index (κ1) is 13.1. The standard InChI is InChI=1S/C12H20N2O4/c1-13(7-9-3-2-4-9)12(17)14-5-6-18-10(8-14)11(15)16/h9-10H,2-8H2,1H3,(H,15,16). The molecule has 2 aliphatic rings. The zero-order valence-electron chi connectivity index (χ0n) is 10.7. The van der Waals surface area contributed by atoms with Gasteiger partial charge in [-0.05, 0) is 18.8 Å². The SMILES string of the molecule is CN(CC1CCC1)C(=O)N1CCOC(C(=O)O)C1. The predicted molar refractivity (Wildman–Crippen MR) is 64.3 cm³/mol. The summed E-state index contributed by atoms with van der Waals surface area (Å²) in [6.45, 7) is 1.68. The number of aliphatic carboxylic acids is 1. The van der Waals surface area contributed by atoms with Gasteiger partial charge < -0.3 is 19.6 Å². The highest BCUT2D eigenvalue weighted by molar-refractivity contribution is 5.77. The largest absolute Gasteiger partial charge is 0.479 e. The molecular formula is C12H20N2O4. The Morgan fingerprint density at radius 2 is 2.17 bits per heavy atom. The first-order chi connectivity index (χ1) is 8.58. The fourth-order valence-corrected chi connectivity index (χ4v) is 2.35. The summed E-state index contributed by atoms with van der Waals surface area (Å²) >= 11 is 0. The molecular weight excluding hydrogens is 236 g/mol. The first-order valence-electron chi connectivity index (χ1n) is 6.42. The van der Waals surface area contributed by atoms with E-state index in [1.165, 1.54) is 19.3 Å². The number of hydrogen-bond acceptors (Lipinski definition) is 3. The van der Waals surface area contributed by atoms with Gasteiger partial charge in [0.1, 0.15) is 0 Å². The Balaban J connectivity index is 1.84. The van der Waals surface area contributed by atoms with Crippen LogP contribution >= 0.6 is 0 Å². The molecule has 2 amide bonds. The molecule has 6 nitrogen and oxygen atoms in total. The number of urea groups is 1. The van der Waals surface area contributed by atoms with Gasteiger partial charge in [0, 0.05) is 20.1 Å². The van der Waals surface area contributed by atoms with Crippen LogP contribution in [-0.4, -0.2) is 66.3 Å². The summed E-state index contributed by atoms with van der Waals surface area (Å²) in [7, 11) is 1.78. The molecule has 1 saturated heterocycles. The van der Waals surface area contributed by atoms with E-state index in [0.29, 0.717) is 19.1 Å². The predicted octanol–water partition coefficient (Wildman–Crippen LogP) is 0.624. The van der Waals surface area contributed by atoms with Gasteiger partial charge in [-0.2, -0.15) is 0 Å². The lowest BCUT2D eigenvalue weighted by Gasteiger charge is -2.36. The van der Waals surface area contributed by atoms with E-state index in [1.807, 2.05) is 0 Å². The third-order valence-electron chi connectivity index (χ3n) is 3.70. The normalized spacial score (nSPS) is 24.5. The van der Waals surface area contributed by atoms with Gasteiger partial charge in [-0.3, -0.25) is 0 Å². The van der Waals surface area contributed by atoms with Crippen LogP contribution in [0, 0.1) is 5.92 Å². The number of carboxylic acid groups (broad SMARTS) is 1. The summed E-state index contributed by atoms with van der Waals surface area (Å²) < 4.78 is 5.10. The summed E-state index contributed by atoms with van der Waals surface area (Å²) in [5.74, 6) is -0.385.